The number of hydrogen-bond acceptors (Lipinski definition) is 8. The van der Waals surface area contributed by atoms with Gasteiger partial charge in [-0.25, -0.2) is 14.7 Å². The molecule has 2 fully saturated rings. The van der Waals surface area contributed by atoms with Crippen LogP contribution in [-0.2, 0) is 4.79 Å². The van der Waals surface area contributed by atoms with Crippen molar-refractivity contribution in [2.75, 3.05) is 51.2 Å². The summed E-state index contributed by atoms with van der Waals surface area (Å²) in [6.45, 7) is 5.24. The molecule has 0 radical (unpaired) electrons. The van der Waals surface area contributed by atoms with Crippen LogP contribution in [0.25, 0.3) is 5.82 Å². The molecule has 2 saturated heterocycles. The van der Waals surface area contributed by atoms with Crippen LogP contribution in [0.2, 0.25) is 0 Å². The molecule has 1 N–H and O–H groups in total. The number of piperidine rings is 1. The smallest absolute Gasteiger partial charge is 0.239 e. The lowest BCUT2D eigenvalue weighted by Gasteiger charge is -2.36. The maximum absolute atomic E-state index is 12.7. The zero-order valence-corrected chi connectivity index (χ0v) is 15.5. The highest BCUT2D eigenvalue weighted by atomic mass is 16.2. The summed E-state index contributed by atoms with van der Waals surface area (Å²) in [6, 6.07) is 3.79. The molecule has 10 nitrogen and oxygen atoms in total. The van der Waals surface area contributed by atoms with E-state index in [1.54, 1.807) is 11.0 Å². The first-order chi connectivity index (χ1) is 13.2. The van der Waals surface area contributed by atoms with E-state index in [0.717, 1.165) is 51.4 Å². The first kappa shape index (κ1) is 17.8. The highest BCUT2D eigenvalue weighted by Gasteiger charge is 2.28. The van der Waals surface area contributed by atoms with Crippen LogP contribution in [0.5, 0.6) is 0 Å². The maximum Gasteiger partial charge on any atom is 0.239 e. The van der Waals surface area contributed by atoms with Crippen molar-refractivity contribution < 1.29 is 4.79 Å². The van der Waals surface area contributed by atoms with Gasteiger partial charge >= 0.3 is 0 Å². The molecule has 2 aromatic heterocycles. The van der Waals surface area contributed by atoms with Crippen LogP contribution < -0.4 is 10.3 Å². The van der Waals surface area contributed by atoms with Crippen molar-refractivity contribution in [1.82, 2.24) is 40.3 Å². The summed E-state index contributed by atoms with van der Waals surface area (Å²) in [4.78, 5) is 21.0. The van der Waals surface area contributed by atoms with Crippen molar-refractivity contribution in [3.63, 3.8) is 0 Å². The molecule has 1 amide bonds. The lowest BCUT2D eigenvalue weighted by Crippen LogP contribution is -2.55. The normalized spacial score (nSPS) is 22.0. The number of aromatic nitrogens is 5. The van der Waals surface area contributed by atoms with Crippen LogP contribution >= 0.6 is 0 Å². The van der Waals surface area contributed by atoms with Gasteiger partial charge in [0.05, 0.1) is 5.92 Å². The second-order valence-electron chi connectivity index (χ2n) is 7.14. The number of amides is 1. The number of likely N-dealkylation sites (N-methyl/N-ethyl adjacent to an activating group) is 1. The van der Waals surface area contributed by atoms with Gasteiger partial charge in [-0.3, -0.25) is 10.2 Å². The van der Waals surface area contributed by atoms with E-state index in [-0.39, 0.29) is 11.8 Å². The van der Waals surface area contributed by atoms with Gasteiger partial charge in [-0.15, -0.1) is 10.2 Å². The zero-order chi connectivity index (χ0) is 18.6. The number of nitrogens with zero attached hydrogens (tertiary/aromatic N) is 8. The standard InChI is InChI=1S/C17H25N9O/c1-23-7-9-25(10-8-23)22-17(27)14-3-2-6-24(11-14)15-4-5-16(21-20-15)26-13-18-12-19-26/h4-5,12-14H,2-3,6-11H2,1H3,(H,22,27). The number of anilines is 1. The van der Waals surface area contributed by atoms with Crippen molar-refractivity contribution in [2.24, 2.45) is 5.92 Å². The molecule has 144 valence electrons. The predicted octanol–water partition coefficient (Wildman–Crippen LogP) is -0.448. The van der Waals surface area contributed by atoms with Crippen molar-refractivity contribution in [1.29, 1.82) is 0 Å². The molecule has 2 aromatic rings. The minimum atomic E-state index is -0.0322. The molecule has 27 heavy (non-hydrogen) atoms. The van der Waals surface area contributed by atoms with E-state index in [1.165, 1.54) is 6.33 Å². The molecule has 0 aliphatic carbocycles. The lowest BCUT2D eigenvalue weighted by atomic mass is 9.97. The summed E-state index contributed by atoms with van der Waals surface area (Å²) >= 11 is 0. The Kier molecular flexibility index (Phi) is 5.26. The van der Waals surface area contributed by atoms with Crippen molar-refractivity contribution in [3.8, 4) is 5.82 Å². The first-order valence-corrected chi connectivity index (χ1v) is 9.37. The van der Waals surface area contributed by atoms with Crippen molar-refractivity contribution >= 4 is 11.7 Å². The number of carbonyl (C=O) groups excluding carboxylic acids is 1. The summed E-state index contributed by atoms with van der Waals surface area (Å²) in [6.07, 6.45) is 4.92. The van der Waals surface area contributed by atoms with Gasteiger partial charge in [-0.05, 0) is 32.0 Å². The highest BCUT2D eigenvalue weighted by Crippen LogP contribution is 2.22. The highest BCUT2D eigenvalue weighted by molar-refractivity contribution is 5.79. The van der Waals surface area contributed by atoms with Crippen molar-refractivity contribution in [2.45, 2.75) is 12.8 Å². The van der Waals surface area contributed by atoms with E-state index in [0.29, 0.717) is 12.4 Å². The molecule has 4 rings (SSSR count). The van der Waals surface area contributed by atoms with Gasteiger partial charge in [-0.2, -0.15) is 5.10 Å². The molecule has 4 heterocycles. The van der Waals surface area contributed by atoms with Gasteiger partial charge in [0.15, 0.2) is 11.6 Å². The largest absolute Gasteiger partial charge is 0.354 e. The Labute approximate surface area is 158 Å². The van der Waals surface area contributed by atoms with Gasteiger partial charge in [0.25, 0.3) is 0 Å². The molecule has 0 aromatic carbocycles. The number of hydrazine groups is 1. The van der Waals surface area contributed by atoms with E-state index in [1.807, 2.05) is 17.1 Å². The third kappa shape index (κ3) is 4.22. The Morgan fingerprint density at radius 1 is 1.11 bits per heavy atom. The van der Waals surface area contributed by atoms with Gasteiger partial charge < -0.3 is 9.80 Å². The molecule has 2 aliphatic heterocycles. The Morgan fingerprint density at radius 2 is 1.89 bits per heavy atom. The van der Waals surface area contributed by atoms with Crippen LogP contribution in [0.3, 0.4) is 0 Å². The maximum atomic E-state index is 12.7. The molecule has 1 atom stereocenters. The SMILES string of the molecule is CN1CCN(NC(=O)C2CCCN(c3ccc(-n4cncn4)nn3)C2)CC1. The quantitative estimate of drug-likeness (QED) is 0.772. The zero-order valence-electron chi connectivity index (χ0n) is 15.5. The summed E-state index contributed by atoms with van der Waals surface area (Å²) < 4.78 is 1.57. The minimum absolute atomic E-state index is 0.0322. The molecule has 0 bridgehead atoms. The Morgan fingerprint density at radius 3 is 2.59 bits per heavy atom. The van der Waals surface area contributed by atoms with E-state index < -0.39 is 0 Å². The minimum Gasteiger partial charge on any atom is -0.354 e. The lowest BCUT2D eigenvalue weighted by molar-refractivity contribution is -0.131. The number of nitrogens with one attached hydrogen (secondary N) is 1. The van der Waals surface area contributed by atoms with E-state index >= 15 is 0 Å². The van der Waals surface area contributed by atoms with Gasteiger partial charge in [0.2, 0.25) is 5.91 Å². The molecule has 2 aliphatic rings. The molecular formula is C17H25N9O. The molecule has 1 unspecified atom stereocenters. The van der Waals surface area contributed by atoms with Crippen LogP contribution in [0.15, 0.2) is 24.8 Å². The number of piperazine rings is 1. The van der Waals surface area contributed by atoms with E-state index in [9.17, 15) is 4.79 Å². The van der Waals surface area contributed by atoms with Crippen LogP contribution in [-0.4, -0.2) is 87.1 Å². The second-order valence-corrected chi connectivity index (χ2v) is 7.14. The van der Waals surface area contributed by atoms with Crippen molar-refractivity contribution in [3.05, 3.63) is 24.8 Å². The average molecular weight is 371 g/mol. The fourth-order valence-corrected chi connectivity index (χ4v) is 3.50. The summed E-state index contributed by atoms with van der Waals surface area (Å²) in [5.41, 5.74) is 3.10. The van der Waals surface area contributed by atoms with Gasteiger partial charge in [0.1, 0.15) is 12.7 Å². The Bertz CT molecular complexity index is 740. The fourth-order valence-electron chi connectivity index (χ4n) is 3.50. The Balaban J connectivity index is 1.35. The second kappa shape index (κ2) is 7.97. The van der Waals surface area contributed by atoms with Gasteiger partial charge in [0, 0.05) is 39.3 Å². The summed E-state index contributed by atoms with van der Waals surface area (Å²) in [5.74, 6) is 1.49. The van der Waals surface area contributed by atoms with Crippen LogP contribution in [0.4, 0.5) is 5.82 Å². The average Bonchev–Trinajstić information content (AvgIpc) is 3.25. The topological polar surface area (TPSA) is 95.3 Å². The fraction of sp³-hybridized carbons (Fsp3) is 0.588. The van der Waals surface area contributed by atoms with Gasteiger partial charge in [-0.1, -0.05) is 0 Å². The molecule has 0 saturated carbocycles. The number of rotatable bonds is 4. The summed E-state index contributed by atoms with van der Waals surface area (Å²) in [5, 5.41) is 14.6. The van der Waals surface area contributed by atoms with Crippen LogP contribution in [0.1, 0.15) is 12.8 Å². The molecule has 0 spiro atoms. The number of hydrogen-bond donors (Lipinski definition) is 1. The Hall–Kier alpha value is -2.59. The molecule has 10 heteroatoms. The third-order valence-corrected chi connectivity index (χ3v) is 5.18. The van der Waals surface area contributed by atoms with Crippen LogP contribution in [0, 0.1) is 5.92 Å². The third-order valence-electron chi connectivity index (χ3n) is 5.18. The predicted molar refractivity (Wildman–Crippen MR) is 99.1 cm³/mol. The molecular weight excluding hydrogens is 346 g/mol. The summed E-state index contributed by atoms with van der Waals surface area (Å²) in [7, 11) is 2.10. The van der Waals surface area contributed by atoms with E-state index in [2.05, 4.69) is 42.6 Å². The number of carbonyl (C=O) groups is 1. The first-order valence-electron chi connectivity index (χ1n) is 9.37. The van der Waals surface area contributed by atoms with E-state index in [4.69, 9.17) is 0 Å². The monoisotopic (exact) mass is 371 g/mol.